The van der Waals surface area contributed by atoms with Gasteiger partial charge in [-0.15, -0.1) is 0 Å². The van der Waals surface area contributed by atoms with E-state index in [4.69, 9.17) is 4.74 Å². The van der Waals surface area contributed by atoms with Gasteiger partial charge in [0.25, 0.3) is 5.91 Å². The maximum atomic E-state index is 12.6. The fourth-order valence-electron chi connectivity index (χ4n) is 2.95. The van der Waals surface area contributed by atoms with Gasteiger partial charge < -0.3 is 20.3 Å². The Morgan fingerprint density at radius 3 is 2.18 bits per heavy atom. The molecule has 3 aromatic rings. The van der Waals surface area contributed by atoms with Gasteiger partial charge in [-0.2, -0.15) is 0 Å². The van der Waals surface area contributed by atoms with Gasteiger partial charge in [-0.1, -0.05) is 60.7 Å². The Balaban J connectivity index is 1.64. The molecule has 3 aromatic carbocycles. The van der Waals surface area contributed by atoms with Crippen LogP contribution in [0.15, 0.2) is 72.8 Å². The molecule has 0 saturated carbocycles. The first-order valence-electron chi connectivity index (χ1n) is 9.12. The van der Waals surface area contributed by atoms with E-state index in [2.05, 4.69) is 5.32 Å². The van der Waals surface area contributed by atoms with E-state index in [1.165, 1.54) is 6.07 Å². The van der Waals surface area contributed by atoms with Crippen LogP contribution in [-0.4, -0.2) is 22.7 Å². The smallest absolute Gasteiger partial charge is 0.255 e. The van der Waals surface area contributed by atoms with E-state index in [-0.39, 0.29) is 23.7 Å². The minimum absolute atomic E-state index is 0.0955. The lowest BCUT2D eigenvalue weighted by molar-refractivity contribution is 0.0924. The zero-order valence-electron chi connectivity index (χ0n) is 15.5. The second-order valence-electron chi connectivity index (χ2n) is 6.47. The van der Waals surface area contributed by atoms with Crippen LogP contribution < -0.4 is 5.32 Å². The van der Waals surface area contributed by atoms with Gasteiger partial charge in [0.15, 0.2) is 0 Å². The number of benzene rings is 3. The number of amides is 1. The van der Waals surface area contributed by atoms with Crippen LogP contribution in [0, 0.1) is 0 Å². The van der Waals surface area contributed by atoms with Crippen LogP contribution in [-0.2, 0) is 24.4 Å². The Labute approximate surface area is 164 Å². The highest BCUT2D eigenvalue weighted by Crippen LogP contribution is 2.28. The third kappa shape index (κ3) is 5.34. The molecule has 3 N–H and O–H groups in total. The number of carbonyl (C=O) groups is 1. The standard InChI is InChI=1S/C23H23NO4/c25-20-13-19(16-28-15-18-9-5-2-6-10-18)22(21(26)14-20)23(27)24-12-11-17-7-3-1-4-8-17/h1-10,13-14,25-26H,11-12,15-16H2,(H,24,27). The largest absolute Gasteiger partial charge is 0.508 e. The van der Waals surface area contributed by atoms with E-state index in [9.17, 15) is 15.0 Å². The summed E-state index contributed by atoms with van der Waals surface area (Å²) in [5.74, 6) is -0.779. The molecular formula is C23H23NO4. The molecular weight excluding hydrogens is 354 g/mol. The summed E-state index contributed by atoms with van der Waals surface area (Å²) in [7, 11) is 0. The highest BCUT2D eigenvalue weighted by atomic mass is 16.5. The molecule has 144 valence electrons. The summed E-state index contributed by atoms with van der Waals surface area (Å²) in [6.45, 7) is 0.901. The first-order valence-corrected chi connectivity index (χ1v) is 9.12. The van der Waals surface area contributed by atoms with Gasteiger partial charge in [0.2, 0.25) is 0 Å². The summed E-state index contributed by atoms with van der Waals surface area (Å²) in [6, 6.07) is 22.1. The Morgan fingerprint density at radius 1 is 0.857 bits per heavy atom. The SMILES string of the molecule is O=C(NCCc1ccccc1)c1c(O)cc(O)cc1COCc1ccccc1. The number of ether oxygens (including phenoxy) is 1. The van der Waals surface area contributed by atoms with E-state index in [1.807, 2.05) is 60.7 Å². The maximum absolute atomic E-state index is 12.6. The molecule has 0 heterocycles. The summed E-state index contributed by atoms with van der Waals surface area (Å²) < 4.78 is 5.68. The lowest BCUT2D eigenvalue weighted by atomic mass is 10.0. The fraction of sp³-hybridized carbons (Fsp3) is 0.174. The molecule has 0 unspecified atom stereocenters. The van der Waals surface area contributed by atoms with Crippen molar-refractivity contribution in [1.29, 1.82) is 0 Å². The lowest BCUT2D eigenvalue weighted by Gasteiger charge is -2.13. The molecule has 5 heteroatoms. The predicted octanol–water partition coefficient (Wildman–Crippen LogP) is 3.79. The summed E-state index contributed by atoms with van der Waals surface area (Å²) in [4.78, 5) is 12.6. The highest BCUT2D eigenvalue weighted by Gasteiger charge is 2.18. The molecule has 1 amide bonds. The Morgan fingerprint density at radius 2 is 1.50 bits per heavy atom. The topological polar surface area (TPSA) is 78.8 Å². The van der Waals surface area contributed by atoms with Crippen LogP contribution in [0.25, 0.3) is 0 Å². The molecule has 0 radical (unpaired) electrons. The van der Waals surface area contributed by atoms with Crippen LogP contribution in [0.5, 0.6) is 11.5 Å². The van der Waals surface area contributed by atoms with Crippen molar-refractivity contribution in [2.24, 2.45) is 0 Å². The zero-order chi connectivity index (χ0) is 19.8. The van der Waals surface area contributed by atoms with Gasteiger partial charge in [0, 0.05) is 12.6 Å². The molecule has 0 fully saturated rings. The molecule has 5 nitrogen and oxygen atoms in total. The first-order chi connectivity index (χ1) is 13.6. The number of aromatic hydroxyl groups is 2. The monoisotopic (exact) mass is 377 g/mol. The van der Waals surface area contributed by atoms with E-state index < -0.39 is 5.91 Å². The van der Waals surface area contributed by atoms with Crippen LogP contribution in [0.3, 0.4) is 0 Å². The first kappa shape index (κ1) is 19.5. The van der Waals surface area contributed by atoms with Crippen LogP contribution in [0.1, 0.15) is 27.0 Å². The number of rotatable bonds is 8. The van der Waals surface area contributed by atoms with Crippen molar-refractivity contribution < 1.29 is 19.7 Å². The predicted molar refractivity (Wildman–Crippen MR) is 107 cm³/mol. The van der Waals surface area contributed by atoms with Gasteiger partial charge in [-0.05, 0) is 29.2 Å². The second kappa shape index (κ2) is 9.58. The van der Waals surface area contributed by atoms with Crippen molar-refractivity contribution in [2.45, 2.75) is 19.6 Å². The van der Waals surface area contributed by atoms with Crippen molar-refractivity contribution in [3.8, 4) is 11.5 Å². The minimum atomic E-state index is -0.397. The van der Waals surface area contributed by atoms with Gasteiger partial charge in [0.1, 0.15) is 11.5 Å². The van der Waals surface area contributed by atoms with Gasteiger partial charge in [-0.3, -0.25) is 4.79 Å². The molecule has 0 aliphatic heterocycles. The Bertz CT molecular complexity index is 911. The molecule has 28 heavy (non-hydrogen) atoms. The third-order valence-electron chi connectivity index (χ3n) is 4.32. The van der Waals surface area contributed by atoms with Gasteiger partial charge in [-0.25, -0.2) is 0 Å². The molecule has 0 atom stereocenters. The van der Waals surface area contributed by atoms with Gasteiger partial charge >= 0.3 is 0 Å². The summed E-state index contributed by atoms with van der Waals surface area (Å²) in [5, 5.41) is 22.8. The molecule has 0 aromatic heterocycles. The molecule has 0 aliphatic rings. The van der Waals surface area contributed by atoms with E-state index in [1.54, 1.807) is 0 Å². The van der Waals surface area contributed by atoms with Crippen LogP contribution >= 0.6 is 0 Å². The van der Waals surface area contributed by atoms with E-state index in [0.717, 1.165) is 17.2 Å². The Hall–Kier alpha value is -3.31. The third-order valence-corrected chi connectivity index (χ3v) is 4.32. The fourth-order valence-corrected chi connectivity index (χ4v) is 2.95. The average Bonchev–Trinajstić information content (AvgIpc) is 2.69. The quantitative estimate of drug-likeness (QED) is 0.558. The second-order valence-corrected chi connectivity index (χ2v) is 6.47. The number of phenolic OH excluding ortho intramolecular Hbond substituents is 2. The molecule has 0 saturated heterocycles. The van der Waals surface area contributed by atoms with Crippen molar-refractivity contribution in [3.05, 3.63) is 95.1 Å². The number of nitrogens with one attached hydrogen (secondary N) is 1. The number of phenols is 2. The minimum Gasteiger partial charge on any atom is -0.508 e. The number of hydrogen-bond acceptors (Lipinski definition) is 4. The molecule has 0 spiro atoms. The van der Waals surface area contributed by atoms with E-state index in [0.29, 0.717) is 25.1 Å². The molecule has 0 aliphatic carbocycles. The number of hydrogen-bond donors (Lipinski definition) is 3. The normalized spacial score (nSPS) is 10.6. The zero-order valence-corrected chi connectivity index (χ0v) is 15.5. The summed E-state index contributed by atoms with van der Waals surface area (Å²) >= 11 is 0. The summed E-state index contributed by atoms with van der Waals surface area (Å²) in [6.07, 6.45) is 0.686. The molecule has 0 bridgehead atoms. The molecule has 3 rings (SSSR count). The lowest BCUT2D eigenvalue weighted by Crippen LogP contribution is -2.27. The number of carbonyl (C=O) groups excluding carboxylic acids is 1. The van der Waals surface area contributed by atoms with Crippen LogP contribution in [0.4, 0.5) is 0 Å². The maximum Gasteiger partial charge on any atom is 0.255 e. The van der Waals surface area contributed by atoms with E-state index >= 15 is 0 Å². The average molecular weight is 377 g/mol. The van der Waals surface area contributed by atoms with Crippen molar-refractivity contribution in [2.75, 3.05) is 6.54 Å². The van der Waals surface area contributed by atoms with Gasteiger partial charge in [0.05, 0.1) is 18.8 Å². The van der Waals surface area contributed by atoms with Crippen molar-refractivity contribution >= 4 is 5.91 Å². The van der Waals surface area contributed by atoms with Crippen LogP contribution in [0.2, 0.25) is 0 Å². The van der Waals surface area contributed by atoms with Crippen molar-refractivity contribution in [3.63, 3.8) is 0 Å². The van der Waals surface area contributed by atoms with Crippen molar-refractivity contribution in [1.82, 2.24) is 5.32 Å². The highest BCUT2D eigenvalue weighted by molar-refractivity contribution is 5.98. The Kier molecular flexibility index (Phi) is 6.65. The summed E-state index contributed by atoms with van der Waals surface area (Å²) in [5.41, 5.74) is 2.68.